The van der Waals surface area contributed by atoms with Crippen molar-refractivity contribution in [2.24, 2.45) is 0 Å². The number of aromatic amines is 1. The first kappa shape index (κ1) is 13.0. The molecule has 1 N–H and O–H groups in total. The third kappa shape index (κ3) is 2.24. The van der Waals surface area contributed by atoms with Crippen LogP contribution in [0.3, 0.4) is 0 Å². The summed E-state index contributed by atoms with van der Waals surface area (Å²) in [5.74, 6) is 1.35. The molecule has 4 aromatic heterocycles. The molecular weight excluding hydrogens is 274 g/mol. The number of hydrogen-bond acceptors (Lipinski definition) is 3. The molecule has 0 atom stereocenters. The van der Waals surface area contributed by atoms with E-state index in [0.717, 1.165) is 34.0 Å². The summed E-state index contributed by atoms with van der Waals surface area (Å²) in [4.78, 5) is 17.1. The third-order valence-corrected chi connectivity index (χ3v) is 3.74. The second-order valence-electron chi connectivity index (χ2n) is 5.83. The maximum Gasteiger partial charge on any atom is 0.177 e. The molecule has 4 aromatic rings. The Labute approximate surface area is 128 Å². The third-order valence-electron chi connectivity index (χ3n) is 3.74. The van der Waals surface area contributed by atoms with Crippen molar-refractivity contribution in [1.29, 1.82) is 0 Å². The average molecular weight is 291 g/mol. The Hall–Kier alpha value is -2.69. The van der Waals surface area contributed by atoms with Crippen LogP contribution < -0.4 is 0 Å². The molecule has 0 aliphatic carbocycles. The van der Waals surface area contributed by atoms with Gasteiger partial charge in [-0.2, -0.15) is 0 Å². The van der Waals surface area contributed by atoms with Gasteiger partial charge in [-0.15, -0.1) is 0 Å². The summed E-state index contributed by atoms with van der Waals surface area (Å²) in [6.07, 6.45) is 4.76. The van der Waals surface area contributed by atoms with Crippen molar-refractivity contribution in [2.45, 2.75) is 26.2 Å². The highest BCUT2D eigenvalue weighted by Crippen LogP contribution is 2.17. The number of aromatic nitrogens is 5. The first-order valence-electron chi connectivity index (χ1n) is 7.47. The minimum atomic E-state index is 0.371. The Morgan fingerprint density at radius 2 is 1.95 bits per heavy atom. The summed E-state index contributed by atoms with van der Waals surface area (Å²) in [5, 5.41) is 0. The number of nitrogens with one attached hydrogen (secondary N) is 1. The number of H-pyrrole nitrogens is 1. The van der Waals surface area contributed by atoms with E-state index in [1.807, 2.05) is 47.1 Å². The Balaban J connectivity index is 1.68. The predicted octanol–water partition coefficient (Wildman–Crippen LogP) is 3.32. The van der Waals surface area contributed by atoms with Gasteiger partial charge in [-0.25, -0.2) is 15.0 Å². The Morgan fingerprint density at radius 3 is 2.77 bits per heavy atom. The van der Waals surface area contributed by atoms with Gasteiger partial charge < -0.3 is 9.38 Å². The molecule has 0 fully saturated rings. The largest absolute Gasteiger partial charge is 0.340 e. The van der Waals surface area contributed by atoms with Crippen molar-refractivity contribution >= 4 is 16.8 Å². The minimum Gasteiger partial charge on any atom is -0.340 e. The van der Waals surface area contributed by atoms with Crippen LogP contribution in [0.2, 0.25) is 0 Å². The molecule has 0 radical (unpaired) electrons. The SMILES string of the molecule is CC(C)c1nc2nc(Cc3cn4ccccc4n3)ccc2[nH]1. The lowest BCUT2D eigenvalue weighted by molar-refractivity contribution is 0.798. The van der Waals surface area contributed by atoms with Gasteiger partial charge in [-0.05, 0) is 24.3 Å². The summed E-state index contributed by atoms with van der Waals surface area (Å²) >= 11 is 0. The van der Waals surface area contributed by atoms with E-state index in [9.17, 15) is 0 Å². The van der Waals surface area contributed by atoms with Crippen LogP contribution in [0.5, 0.6) is 0 Å². The van der Waals surface area contributed by atoms with Crippen LogP contribution in [0.15, 0.2) is 42.7 Å². The molecule has 4 rings (SSSR count). The predicted molar refractivity (Wildman–Crippen MR) is 86.0 cm³/mol. The number of nitrogens with zero attached hydrogens (tertiary/aromatic N) is 4. The number of rotatable bonds is 3. The molecule has 0 aliphatic rings. The minimum absolute atomic E-state index is 0.371. The van der Waals surface area contributed by atoms with Crippen LogP contribution in [0.1, 0.15) is 37.0 Å². The molecule has 0 saturated carbocycles. The molecule has 110 valence electrons. The molecule has 0 saturated heterocycles. The molecule has 5 nitrogen and oxygen atoms in total. The van der Waals surface area contributed by atoms with Gasteiger partial charge in [0, 0.05) is 30.4 Å². The van der Waals surface area contributed by atoms with Gasteiger partial charge >= 0.3 is 0 Å². The summed E-state index contributed by atoms with van der Waals surface area (Å²) in [6, 6.07) is 10.1. The summed E-state index contributed by atoms with van der Waals surface area (Å²) < 4.78 is 2.03. The van der Waals surface area contributed by atoms with E-state index in [2.05, 4.69) is 33.8 Å². The van der Waals surface area contributed by atoms with Crippen molar-refractivity contribution in [3.63, 3.8) is 0 Å². The summed E-state index contributed by atoms with van der Waals surface area (Å²) in [5.41, 5.74) is 4.73. The van der Waals surface area contributed by atoms with E-state index < -0.39 is 0 Å². The average Bonchev–Trinajstić information content (AvgIpc) is 3.09. The summed E-state index contributed by atoms with van der Waals surface area (Å²) in [7, 11) is 0. The van der Waals surface area contributed by atoms with Crippen molar-refractivity contribution in [3.05, 3.63) is 59.9 Å². The van der Waals surface area contributed by atoms with E-state index in [0.29, 0.717) is 12.3 Å². The van der Waals surface area contributed by atoms with Crippen molar-refractivity contribution in [2.75, 3.05) is 0 Å². The van der Waals surface area contributed by atoms with E-state index in [1.54, 1.807) is 0 Å². The number of imidazole rings is 2. The molecule has 22 heavy (non-hydrogen) atoms. The highest BCUT2D eigenvalue weighted by molar-refractivity contribution is 5.70. The molecule has 5 heteroatoms. The van der Waals surface area contributed by atoms with Crippen LogP contribution in [0, 0.1) is 0 Å². The van der Waals surface area contributed by atoms with Crippen LogP contribution in [0.4, 0.5) is 0 Å². The molecule has 0 bridgehead atoms. The summed E-state index contributed by atoms with van der Waals surface area (Å²) in [6.45, 7) is 4.24. The second-order valence-corrected chi connectivity index (χ2v) is 5.83. The fourth-order valence-electron chi connectivity index (χ4n) is 2.58. The molecule has 0 amide bonds. The lowest BCUT2D eigenvalue weighted by atomic mass is 10.2. The first-order chi connectivity index (χ1) is 10.7. The molecule has 4 heterocycles. The van der Waals surface area contributed by atoms with Crippen molar-refractivity contribution in [1.82, 2.24) is 24.3 Å². The fourth-order valence-corrected chi connectivity index (χ4v) is 2.58. The van der Waals surface area contributed by atoms with Gasteiger partial charge in [0.25, 0.3) is 0 Å². The Bertz CT molecular complexity index is 915. The van der Waals surface area contributed by atoms with Gasteiger partial charge in [0.05, 0.1) is 11.2 Å². The molecule has 0 spiro atoms. The smallest absolute Gasteiger partial charge is 0.177 e. The molecule has 0 aromatic carbocycles. The number of pyridine rings is 2. The number of hydrogen-bond donors (Lipinski definition) is 1. The zero-order valence-corrected chi connectivity index (χ0v) is 12.6. The van der Waals surface area contributed by atoms with E-state index in [4.69, 9.17) is 0 Å². The van der Waals surface area contributed by atoms with Crippen LogP contribution >= 0.6 is 0 Å². The lowest BCUT2D eigenvalue weighted by Crippen LogP contribution is -1.93. The zero-order chi connectivity index (χ0) is 15.1. The zero-order valence-electron chi connectivity index (χ0n) is 12.6. The Morgan fingerprint density at radius 1 is 1.05 bits per heavy atom. The first-order valence-corrected chi connectivity index (χ1v) is 7.47. The highest BCUT2D eigenvalue weighted by atomic mass is 15.0. The quantitative estimate of drug-likeness (QED) is 0.630. The standard InChI is InChI=1S/C17H17N5/c1-11(2)16-20-14-7-6-12(19-17(14)21-16)9-13-10-22-8-4-3-5-15(22)18-13/h3-8,10-11H,9H2,1-2H3,(H,19,20,21). The van der Waals surface area contributed by atoms with Crippen LogP contribution in [-0.4, -0.2) is 24.3 Å². The molecule has 0 unspecified atom stereocenters. The maximum atomic E-state index is 4.65. The molecular formula is C17H17N5. The lowest BCUT2D eigenvalue weighted by Gasteiger charge is -1.96. The van der Waals surface area contributed by atoms with Gasteiger partial charge in [0.1, 0.15) is 11.5 Å². The van der Waals surface area contributed by atoms with Crippen molar-refractivity contribution in [3.8, 4) is 0 Å². The molecule has 0 aliphatic heterocycles. The van der Waals surface area contributed by atoms with Crippen molar-refractivity contribution < 1.29 is 0 Å². The maximum absolute atomic E-state index is 4.65. The van der Waals surface area contributed by atoms with Gasteiger partial charge in [0.2, 0.25) is 0 Å². The van der Waals surface area contributed by atoms with Crippen LogP contribution in [-0.2, 0) is 6.42 Å². The Kier molecular flexibility index (Phi) is 2.92. The normalized spacial score (nSPS) is 11.8. The second kappa shape index (κ2) is 4.94. The highest BCUT2D eigenvalue weighted by Gasteiger charge is 2.09. The topological polar surface area (TPSA) is 58.9 Å². The monoisotopic (exact) mass is 291 g/mol. The van der Waals surface area contributed by atoms with E-state index in [-0.39, 0.29) is 0 Å². The van der Waals surface area contributed by atoms with E-state index in [1.165, 1.54) is 0 Å². The van der Waals surface area contributed by atoms with Crippen LogP contribution in [0.25, 0.3) is 16.8 Å². The van der Waals surface area contributed by atoms with Gasteiger partial charge in [-0.1, -0.05) is 19.9 Å². The van der Waals surface area contributed by atoms with E-state index >= 15 is 0 Å². The van der Waals surface area contributed by atoms with Gasteiger partial charge in [0.15, 0.2) is 5.65 Å². The number of fused-ring (bicyclic) bond motifs is 2. The fraction of sp³-hybridized carbons (Fsp3) is 0.235. The van der Waals surface area contributed by atoms with Gasteiger partial charge in [-0.3, -0.25) is 0 Å².